The zero-order valence-electron chi connectivity index (χ0n) is 10.9. The fourth-order valence-electron chi connectivity index (χ4n) is 2.47. The SMILES string of the molecule is Cc1ccc(C(=O)OCC2CC(=O)N(C3CC3)C2)s1. The van der Waals surface area contributed by atoms with Crippen molar-refractivity contribution >= 4 is 23.2 Å². The van der Waals surface area contributed by atoms with E-state index >= 15 is 0 Å². The highest BCUT2D eigenvalue weighted by Gasteiger charge is 2.39. The predicted molar refractivity (Wildman–Crippen MR) is 72.2 cm³/mol. The Kier molecular flexibility index (Phi) is 3.31. The molecule has 2 fully saturated rings. The number of thiophene rings is 1. The third-order valence-corrected chi connectivity index (χ3v) is 4.60. The molecule has 0 aromatic carbocycles. The van der Waals surface area contributed by atoms with Crippen LogP contribution in [-0.2, 0) is 9.53 Å². The molecule has 102 valence electrons. The van der Waals surface area contributed by atoms with Crippen molar-refractivity contribution in [2.24, 2.45) is 5.92 Å². The van der Waals surface area contributed by atoms with Crippen molar-refractivity contribution in [1.82, 2.24) is 4.90 Å². The molecule has 19 heavy (non-hydrogen) atoms. The Morgan fingerprint density at radius 1 is 1.47 bits per heavy atom. The minimum absolute atomic E-state index is 0.165. The van der Waals surface area contributed by atoms with Gasteiger partial charge < -0.3 is 9.64 Å². The molecule has 1 amide bonds. The van der Waals surface area contributed by atoms with Gasteiger partial charge in [-0.15, -0.1) is 11.3 Å². The number of esters is 1. The Balaban J connectivity index is 1.50. The van der Waals surface area contributed by atoms with Gasteiger partial charge in [0.15, 0.2) is 0 Å². The zero-order chi connectivity index (χ0) is 13.4. The molecule has 0 bridgehead atoms. The first-order valence-electron chi connectivity index (χ1n) is 6.66. The van der Waals surface area contributed by atoms with E-state index in [0.29, 0.717) is 23.9 Å². The minimum Gasteiger partial charge on any atom is -0.461 e. The van der Waals surface area contributed by atoms with Crippen molar-refractivity contribution in [2.75, 3.05) is 13.2 Å². The summed E-state index contributed by atoms with van der Waals surface area (Å²) in [7, 11) is 0. The maximum Gasteiger partial charge on any atom is 0.348 e. The summed E-state index contributed by atoms with van der Waals surface area (Å²) < 4.78 is 5.31. The first-order valence-corrected chi connectivity index (χ1v) is 7.48. The standard InChI is InChI=1S/C14H17NO3S/c1-9-2-5-12(19-9)14(17)18-8-10-6-13(16)15(7-10)11-3-4-11/h2,5,10-11H,3-4,6-8H2,1H3. The average Bonchev–Trinajstić information content (AvgIpc) is 3.03. The molecule has 3 rings (SSSR count). The number of hydrogen-bond donors (Lipinski definition) is 0. The number of rotatable bonds is 4. The maximum absolute atomic E-state index is 11.8. The number of ether oxygens (including phenoxy) is 1. The van der Waals surface area contributed by atoms with E-state index in [2.05, 4.69) is 0 Å². The molecule has 1 saturated heterocycles. The molecule has 1 unspecified atom stereocenters. The summed E-state index contributed by atoms with van der Waals surface area (Å²) in [5.41, 5.74) is 0. The van der Waals surface area contributed by atoms with Crippen LogP contribution >= 0.6 is 11.3 Å². The molecule has 5 heteroatoms. The van der Waals surface area contributed by atoms with Crippen LogP contribution in [-0.4, -0.2) is 36.0 Å². The van der Waals surface area contributed by atoms with E-state index in [1.54, 1.807) is 6.07 Å². The summed E-state index contributed by atoms with van der Waals surface area (Å²) in [6.07, 6.45) is 2.78. The minimum atomic E-state index is -0.268. The molecule has 1 atom stereocenters. The van der Waals surface area contributed by atoms with Crippen molar-refractivity contribution in [3.05, 3.63) is 21.9 Å². The summed E-state index contributed by atoms with van der Waals surface area (Å²) in [5, 5.41) is 0. The van der Waals surface area contributed by atoms with Gasteiger partial charge in [-0.1, -0.05) is 0 Å². The molecular formula is C14H17NO3S. The van der Waals surface area contributed by atoms with Crippen molar-refractivity contribution in [2.45, 2.75) is 32.2 Å². The van der Waals surface area contributed by atoms with Gasteiger partial charge in [0.2, 0.25) is 5.91 Å². The molecule has 2 heterocycles. The third kappa shape index (κ3) is 2.81. The highest BCUT2D eigenvalue weighted by molar-refractivity contribution is 7.13. The molecule has 1 aliphatic carbocycles. The number of likely N-dealkylation sites (tertiary alicyclic amines) is 1. The number of hydrogen-bond acceptors (Lipinski definition) is 4. The number of amides is 1. The van der Waals surface area contributed by atoms with Crippen molar-refractivity contribution < 1.29 is 14.3 Å². The van der Waals surface area contributed by atoms with Crippen LogP contribution in [0, 0.1) is 12.8 Å². The monoisotopic (exact) mass is 279 g/mol. The third-order valence-electron chi connectivity index (χ3n) is 3.62. The molecule has 4 nitrogen and oxygen atoms in total. The van der Waals surface area contributed by atoms with E-state index in [1.807, 2.05) is 17.9 Å². The smallest absolute Gasteiger partial charge is 0.348 e. The summed E-state index contributed by atoms with van der Waals surface area (Å²) in [6, 6.07) is 4.17. The molecule has 1 aromatic heterocycles. The highest BCUT2D eigenvalue weighted by atomic mass is 32.1. The van der Waals surface area contributed by atoms with Gasteiger partial charge in [0.1, 0.15) is 4.88 Å². The highest BCUT2D eigenvalue weighted by Crippen LogP contribution is 2.32. The quantitative estimate of drug-likeness (QED) is 0.794. The van der Waals surface area contributed by atoms with E-state index < -0.39 is 0 Å². The van der Waals surface area contributed by atoms with Gasteiger partial charge in [0, 0.05) is 29.8 Å². The summed E-state index contributed by atoms with van der Waals surface area (Å²) in [5.74, 6) is 0.115. The molecule has 1 aromatic rings. The number of carbonyl (C=O) groups excluding carboxylic acids is 2. The molecule has 1 aliphatic heterocycles. The van der Waals surface area contributed by atoms with Crippen LogP contribution in [0.3, 0.4) is 0 Å². The van der Waals surface area contributed by atoms with Gasteiger partial charge in [-0.25, -0.2) is 4.79 Å². The fourth-order valence-corrected chi connectivity index (χ4v) is 3.23. The van der Waals surface area contributed by atoms with Crippen LogP contribution in [0.5, 0.6) is 0 Å². The van der Waals surface area contributed by atoms with Crippen molar-refractivity contribution in [3.63, 3.8) is 0 Å². The van der Waals surface area contributed by atoms with Crippen LogP contribution in [0.4, 0.5) is 0 Å². The lowest BCUT2D eigenvalue weighted by Crippen LogP contribution is -2.27. The molecule has 1 saturated carbocycles. The molecule has 0 spiro atoms. The van der Waals surface area contributed by atoms with Gasteiger partial charge in [0.05, 0.1) is 6.61 Å². The average molecular weight is 279 g/mol. The van der Waals surface area contributed by atoms with E-state index in [1.165, 1.54) is 11.3 Å². The van der Waals surface area contributed by atoms with E-state index in [0.717, 1.165) is 24.3 Å². The van der Waals surface area contributed by atoms with Gasteiger partial charge >= 0.3 is 5.97 Å². The van der Waals surface area contributed by atoms with Gasteiger partial charge in [-0.05, 0) is 31.9 Å². The summed E-state index contributed by atoms with van der Waals surface area (Å²) in [6.45, 7) is 3.07. The van der Waals surface area contributed by atoms with Crippen LogP contribution in [0.1, 0.15) is 33.8 Å². The van der Waals surface area contributed by atoms with E-state index in [9.17, 15) is 9.59 Å². The lowest BCUT2D eigenvalue weighted by molar-refractivity contribution is -0.128. The Labute approximate surface area is 116 Å². The van der Waals surface area contributed by atoms with Gasteiger partial charge in [-0.3, -0.25) is 4.79 Å². The van der Waals surface area contributed by atoms with Crippen LogP contribution in [0.25, 0.3) is 0 Å². The number of carbonyl (C=O) groups is 2. The van der Waals surface area contributed by atoms with Crippen LogP contribution in [0.15, 0.2) is 12.1 Å². The van der Waals surface area contributed by atoms with Gasteiger partial charge in [-0.2, -0.15) is 0 Å². The lowest BCUT2D eigenvalue weighted by Gasteiger charge is -2.15. The van der Waals surface area contributed by atoms with Crippen LogP contribution < -0.4 is 0 Å². The van der Waals surface area contributed by atoms with E-state index in [-0.39, 0.29) is 17.8 Å². The molecular weight excluding hydrogens is 262 g/mol. The molecule has 0 radical (unpaired) electrons. The number of nitrogens with zero attached hydrogens (tertiary/aromatic N) is 1. The second-order valence-corrected chi connectivity index (χ2v) is 6.64. The second-order valence-electron chi connectivity index (χ2n) is 5.36. The number of aryl methyl sites for hydroxylation is 1. The molecule has 0 N–H and O–H groups in total. The fraction of sp³-hybridized carbons (Fsp3) is 0.571. The Hall–Kier alpha value is -1.36. The van der Waals surface area contributed by atoms with E-state index in [4.69, 9.17) is 4.74 Å². The van der Waals surface area contributed by atoms with Crippen molar-refractivity contribution in [1.29, 1.82) is 0 Å². The van der Waals surface area contributed by atoms with Gasteiger partial charge in [0.25, 0.3) is 0 Å². The predicted octanol–water partition coefficient (Wildman–Crippen LogP) is 2.22. The normalized spacial score (nSPS) is 22.9. The second kappa shape index (κ2) is 4.96. The first kappa shape index (κ1) is 12.7. The Bertz CT molecular complexity index is 507. The Morgan fingerprint density at radius 3 is 2.89 bits per heavy atom. The topological polar surface area (TPSA) is 46.6 Å². The molecule has 2 aliphatic rings. The zero-order valence-corrected chi connectivity index (χ0v) is 11.7. The summed E-state index contributed by atoms with van der Waals surface area (Å²) >= 11 is 1.44. The maximum atomic E-state index is 11.8. The lowest BCUT2D eigenvalue weighted by atomic mass is 10.1. The summed E-state index contributed by atoms with van der Waals surface area (Å²) in [4.78, 5) is 27.3. The van der Waals surface area contributed by atoms with Crippen LogP contribution in [0.2, 0.25) is 0 Å². The first-order chi connectivity index (χ1) is 9.13. The largest absolute Gasteiger partial charge is 0.461 e. The van der Waals surface area contributed by atoms with Crippen molar-refractivity contribution in [3.8, 4) is 0 Å². The Morgan fingerprint density at radius 2 is 2.26 bits per heavy atom.